The lowest BCUT2D eigenvalue weighted by Gasteiger charge is -2.22. The van der Waals surface area contributed by atoms with Crippen LogP contribution in [-0.4, -0.2) is 21.3 Å². The van der Waals surface area contributed by atoms with Gasteiger partial charge in [0.15, 0.2) is 0 Å². The van der Waals surface area contributed by atoms with Crippen LogP contribution in [0.3, 0.4) is 0 Å². The van der Waals surface area contributed by atoms with Crippen molar-refractivity contribution in [1.82, 2.24) is 20.1 Å². The van der Waals surface area contributed by atoms with E-state index in [9.17, 15) is 0 Å². The molecular formula is C15H21BrN4. The summed E-state index contributed by atoms with van der Waals surface area (Å²) < 4.78 is 2.96. The van der Waals surface area contributed by atoms with Gasteiger partial charge in [-0.05, 0) is 52.5 Å². The van der Waals surface area contributed by atoms with Crippen LogP contribution in [0.5, 0.6) is 0 Å². The predicted octanol–water partition coefficient (Wildman–Crippen LogP) is 3.23. The van der Waals surface area contributed by atoms with Gasteiger partial charge in [0, 0.05) is 19.4 Å². The fourth-order valence-electron chi connectivity index (χ4n) is 2.40. The van der Waals surface area contributed by atoms with Gasteiger partial charge >= 0.3 is 0 Å². The Bertz CT molecular complexity index is 545. The van der Waals surface area contributed by atoms with Gasteiger partial charge in [0.2, 0.25) is 0 Å². The average Bonchev–Trinajstić information content (AvgIpc) is 2.80. The van der Waals surface area contributed by atoms with Crippen LogP contribution >= 0.6 is 15.9 Å². The maximum atomic E-state index is 4.34. The number of aromatic nitrogens is 3. The Balaban J connectivity index is 2.47. The van der Waals surface area contributed by atoms with Crippen LogP contribution in [0, 0.1) is 0 Å². The van der Waals surface area contributed by atoms with E-state index >= 15 is 0 Å². The fraction of sp³-hybridized carbons (Fsp3) is 0.467. The molecule has 5 heteroatoms. The minimum Gasteiger partial charge on any atom is -0.305 e. The van der Waals surface area contributed by atoms with E-state index < -0.39 is 0 Å². The Hall–Kier alpha value is -1.20. The van der Waals surface area contributed by atoms with Crippen molar-refractivity contribution in [3.63, 3.8) is 0 Å². The van der Waals surface area contributed by atoms with Crippen molar-refractivity contribution in [2.45, 2.75) is 32.7 Å². The largest absolute Gasteiger partial charge is 0.305 e. The highest BCUT2D eigenvalue weighted by Gasteiger charge is 2.22. The smallest absolute Gasteiger partial charge is 0.0763 e. The number of hydrogen-bond donors (Lipinski definition) is 1. The molecule has 0 aliphatic rings. The van der Waals surface area contributed by atoms with Gasteiger partial charge < -0.3 is 5.32 Å². The molecule has 0 saturated heterocycles. The Morgan fingerprint density at radius 1 is 1.35 bits per heavy atom. The van der Waals surface area contributed by atoms with Crippen molar-refractivity contribution in [1.29, 1.82) is 0 Å². The summed E-state index contributed by atoms with van der Waals surface area (Å²) in [6.45, 7) is 5.30. The van der Waals surface area contributed by atoms with E-state index in [0.29, 0.717) is 0 Å². The molecule has 2 aromatic rings. The van der Waals surface area contributed by atoms with Crippen molar-refractivity contribution in [2.75, 3.05) is 6.54 Å². The van der Waals surface area contributed by atoms with Gasteiger partial charge in [0.05, 0.1) is 22.4 Å². The minimum absolute atomic E-state index is 0.134. The quantitative estimate of drug-likeness (QED) is 0.880. The number of aryl methyl sites for hydroxylation is 2. The van der Waals surface area contributed by atoms with E-state index in [1.807, 2.05) is 30.3 Å². The van der Waals surface area contributed by atoms with Gasteiger partial charge in [-0.25, -0.2) is 0 Å². The Morgan fingerprint density at radius 3 is 2.75 bits per heavy atom. The monoisotopic (exact) mass is 336 g/mol. The Kier molecular flexibility index (Phi) is 5.31. The zero-order chi connectivity index (χ0) is 14.5. The molecule has 1 atom stereocenters. The van der Waals surface area contributed by atoms with Crippen molar-refractivity contribution < 1.29 is 0 Å². The third-order valence-corrected chi connectivity index (χ3v) is 4.05. The molecule has 0 aliphatic carbocycles. The normalized spacial score (nSPS) is 12.6. The van der Waals surface area contributed by atoms with Gasteiger partial charge in [-0.1, -0.05) is 13.8 Å². The highest BCUT2D eigenvalue weighted by atomic mass is 79.9. The summed E-state index contributed by atoms with van der Waals surface area (Å²) in [7, 11) is 1.98. The zero-order valence-corrected chi connectivity index (χ0v) is 13.8. The third kappa shape index (κ3) is 3.10. The molecule has 20 heavy (non-hydrogen) atoms. The highest BCUT2D eigenvalue weighted by molar-refractivity contribution is 9.10. The van der Waals surface area contributed by atoms with Crippen molar-refractivity contribution in [3.8, 4) is 0 Å². The predicted molar refractivity (Wildman–Crippen MR) is 84.7 cm³/mol. The molecular weight excluding hydrogens is 316 g/mol. The zero-order valence-electron chi connectivity index (χ0n) is 12.2. The molecule has 2 rings (SSSR count). The number of pyridine rings is 1. The summed E-state index contributed by atoms with van der Waals surface area (Å²) >= 11 is 3.61. The molecule has 0 saturated carbocycles. The third-order valence-electron chi connectivity index (χ3n) is 3.44. The van der Waals surface area contributed by atoms with Gasteiger partial charge in [-0.2, -0.15) is 5.10 Å². The summed E-state index contributed by atoms with van der Waals surface area (Å²) in [6.07, 6.45) is 7.74. The SMILES string of the molecule is CCCNC(c1ccncc1CC)c1c(Br)cnn1C. The lowest BCUT2D eigenvalue weighted by molar-refractivity contribution is 0.548. The molecule has 1 unspecified atom stereocenters. The maximum absolute atomic E-state index is 4.34. The van der Waals surface area contributed by atoms with E-state index in [-0.39, 0.29) is 6.04 Å². The first-order valence-electron chi connectivity index (χ1n) is 7.02. The molecule has 0 spiro atoms. The second-order valence-corrected chi connectivity index (χ2v) is 5.67. The molecule has 4 nitrogen and oxygen atoms in total. The summed E-state index contributed by atoms with van der Waals surface area (Å²) in [5, 5.41) is 7.97. The Morgan fingerprint density at radius 2 is 2.15 bits per heavy atom. The van der Waals surface area contributed by atoms with E-state index in [4.69, 9.17) is 0 Å². The second kappa shape index (κ2) is 6.99. The molecule has 2 aromatic heterocycles. The molecule has 0 fully saturated rings. The van der Waals surface area contributed by atoms with E-state index in [0.717, 1.165) is 29.6 Å². The van der Waals surface area contributed by atoms with Crippen molar-refractivity contribution in [2.24, 2.45) is 7.05 Å². The molecule has 2 heterocycles. The molecule has 1 N–H and O–H groups in total. The number of rotatable bonds is 6. The lowest BCUT2D eigenvalue weighted by Crippen LogP contribution is -2.26. The summed E-state index contributed by atoms with van der Waals surface area (Å²) in [5.74, 6) is 0. The molecule has 108 valence electrons. The first-order valence-corrected chi connectivity index (χ1v) is 7.81. The Labute approximate surface area is 128 Å². The van der Waals surface area contributed by atoms with Crippen LogP contribution in [0.1, 0.15) is 43.1 Å². The summed E-state index contributed by atoms with van der Waals surface area (Å²) in [4.78, 5) is 4.24. The molecule has 0 bridgehead atoms. The number of nitrogens with zero attached hydrogens (tertiary/aromatic N) is 3. The van der Waals surface area contributed by atoms with E-state index in [1.165, 1.54) is 11.1 Å². The minimum atomic E-state index is 0.134. The van der Waals surface area contributed by atoms with Gasteiger partial charge in [0.1, 0.15) is 0 Å². The van der Waals surface area contributed by atoms with Crippen molar-refractivity contribution in [3.05, 3.63) is 46.0 Å². The van der Waals surface area contributed by atoms with Crippen LogP contribution in [0.4, 0.5) is 0 Å². The van der Waals surface area contributed by atoms with Crippen LogP contribution in [-0.2, 0) is 13.5 Å². The van der Waals surface area contributed by atoms with Crippen LogP contribution < -0.4 is 5.32 Å². The fourth-order valence-corrected chi connectivity index (χ4v) is 2.98. The molecule has 0 aromatic carbocycles. The van der Waals surface area contributed by atoms with Gasteiger partial charge in [0.25, 0.3) is 0 Å². The maximum Gasteiger partial charge on any atom is 0.0763 e. The highest BCUT2D eigenvalue weighted by Crippen LogP contribution is 2.30. The second-order valence-electron chi connectivity index (χ2n) is 4.82. The first-order chi connectivity index (χ1) is 9.69. The number of halogens is 1. The summed E-state index contributed by atoms with van der Waals surface area (Å²) in [5.41, 5.74) is 3.70. The molecule has 0 amide bonds. The summed E-state index contributed by atoms with van der Waals surface area (Å²) in [6, 6.07) is 2.24. The van der Waals surface area contributed by atoms with Gasteiger partial charge in [-0.15, -0.1) is 0 Å². The van der Waals surface area contributed by atoms with Gasteiger partial charge in [-0.3, -0.25) is 9.67 Å². The first kappa shape index (κ1) is 15.2. The lowest BCUT2D eigenvalue weighted by atomic mass is 9.98. The molecule has 0 radical (unpaired) electrons. The average molecular weight is 337 g/mol. The topological polar surface area (TPSA) is 42.7 Å². The number of hydrogen-bond acceptors (Lipinski definition) is 3. The molecule has 0 aliphatic heterocycles. The van der Waals surface area contributed by atoms with E-state index in [1.54, 1.807) is 0 Å². The van der Waals surface area contributed by atoms with Crippen LogP contribution in [0.15, 0.2) is 29.1 Å². The standard InChI is InChI=1S/C15H21BrN4/c1-4-7-18-14(15-13(16)10-19-20(15)3)12-6-8-17-9-11(12)5-2/h6,8-10,14,18H,4-5,7H2,1-3H3. The van der Waals surface area contributed by atoms with E-state index in [2.05, 4.69) is 51.2 Å². The van der Waals surface area contributed by atoms with Crippen molar-refractivity contribution >= 4 is 15.9 Å². The number of nitrogens with one attached hydrogen (secondary N) is 1. The van der Waals surface area contributed by atoms with Crippen LogP contribution in [0.25, 0.3) is 0 Å². The van der Waals surface area contributed by atoms with Crippen LogP contribution in [0.2, 0.25) is 0 Å².